The third kappa shape index (κ3) is 3.20. The average molecular weight is 229 g/mol. The number of nitrogens with zero attached hydrogens (tertiary/aromatic N) is 2. The highest BCUT2D eigenvalue weighted by atomic mass is 15.0. The summed E-state index contributed by atoms with van der Waals surface area (Å²) in [7, 11) is 0. The summed E-state index contributed by atoms with van der Waals surface area (Å²) >= 11 is 0. The zero-order chi connectivity index (χ0) is 12.1. The molecule has 0 aliphatic heterocycles. The lowest BCUT2D eigenvalue weighted by atomic mass is 10.0. The van der Waals surface area contributed by atoms with Crippen molar-refractivity contribution in [2.75, 3.05) is 11.9 Å². The van der Waals surface area contributed by atoms with Gasteiger partial charge in [0.15, 0.2) is 0 Å². The van der Waals surface area contributed by atoms with Gasteiger partial charge in [0.05, 0.1) is 5.56 Å². The largest absolute Gasteiger partial charge is 0.369 e. The number of nitrogens with one attached hydrogen (secondary N) is 1. The number of hydrogen-bond acceptors (Lipinski definition) is 3. The summed E-state index contributed by atoms with van der Waals surface area (Å²) in [6.07, 6.45) is 6.70. The molecular weight excluding hydrogens is 210 g/mol. The molecule has 0 unspecified atom stereocenters. The van der Waals surface area contributed by atoms with Crippen LogP contribution in [0, 0.1) is 24.2 Å². The Morgan fingerprint density at radius 2 is 2.18 bits per heavy atom. The lowest BCUT2D eigenvalue weighted by molar-refractivity contribution is 0.518. The van der Waals surface area contributed by atoms with E-state index in [1.165, 1.54) is 32.1 Å². The second-order valence-corrected chi connectivity index (χ2v) is 4.83. The molecule has 0 amide bonds. The summed E-state index contributed by atoms with van der Waals surface area (Å²) in [6.45, 7) is 2.87. The van der Waals surface area contributed by atoms with Gasteiger partial charge >= 0.3 is 0 Å². The molecule has 90 valence electrons. The van der Waals surface area contributed by atoms with Gasteiger partial charge in [-0.1, -0.05) is 25.7 Å². The summed E-state index contributed by atoms with van der Waals surface area (Å²) in [6, 6.07) is 5.89. The Morgan fingerprint density at radius 1 is 1.41 bits per heavy atom. The van der Waals surface area contributed by atoms with Gasteiger partial charge in [-0.2, -0.15) is 5.26 Å². The maximum absolute atomic E-state index is 8.99. The topological polar surface area (TPSA) is 48.7 Å². The molecule has 0 atom stereocenters. The van der Waals surface area contributed by atoms with E-state index in [2.05, 4.69) is 16.4 Å². The zero-order valence-corrected chi connectivity index (χ0v) is 10.4. The molecule has 1 saturated carbocycles. The number of aromatic nitrogens is 1. The van der Waals surface area contributed by atoms with Gasteiger partial charge in [-0.05, 0) is 31.4 Å². The maximum atomic E-state index is 8.99. The van der Waals surface area contributed by atoms with Crippen LogP contribution in [-0.2, 0) is 0 Å². The SMILES string of the molecule is Cc1ccc(C#N)c(NCCC2CCCC2)n1. The molecule has 1 aliphatic carbocycles. The van der Waals surface area contributed by atoms with Crippen LogP contribution in [-0.4, -0.2) is 11.5 Å². The summed E-state index contributed by atoms with van der Waals surface area (Å²) in [5, 5.41) is 12.3. The van der Waals surface area contributed by atoms with Crippen LogP contribution < -0.4 is 5.32 Å². The van der Waals surface area contributed by atoms with Crippen LogP contribution >= 0.6 is 0 Å². The van der Waals surface area contributed by atoms with Crippen molar-refractivity contribution in [3.8, 4) is 6.07 Å². The molecule has 1 N–H and O–H groups in total. The monoisotopic (exact) mass is 229 g/mol. The van der Waals surface area contributed by atoms with Crippen molar-refractivity contribution in [3.05, 3.63) is 23.4 Å². The predicted molar refractivity (Wildman–Crippen MR) is 68.8 cm³/mol. The highest BCUT2D eigenvalue weighted by molar-refractivity contribution is 5.52. The van der Waals surface area contributed by atoms with Gasteiger partial charge in [0.2, 0.25) is 0 Å². The van der Waals surface area contributed by atoms with Crippen LogP contribution in [0.3, 0.4) is 0 Å². The fourth-order valence-corrected chi connectivity index (χ4v) is 2.48. The van der Waals surface area contributed by atoms with Crippen molar-refractivity contribution < 1.29 is 0 Å². The highest BCUT2D eigenvalue weighted by Gasteiger charge is 2.14. The van der Waals surface area contributed by atoms with Gasteiger partial charge < -0.3 is 5.32 Å². The minimum atomic E-state index is 0.641. The van der Waals surface area contributed by atoms with Gasteiger partial charge in [0.25, 0.3) is 0 Å². The van der Waals surface area contributed by atoms with Crippen molar-refractivity contribution in [1.29, 1.82) is 5.26 Å². The van der Waals surface area contributed by atoms with Crippen molar-refractivity contribution in [1.82, 2.24) is 4.98 Å². The summed E-state index contributed by atoms with van der Waals surface area (Å²) in [5.74, 6) is 1.61. The Morgan fingerprint density at radius 3 is 2.88 bits per heavy atom. The van der Waals surface area contributed by atoms with E-state index < -0.39 is 0 Å². The molecule has 3 nitrogen and oxygen atoms in total. The summed E-state index contributed by atoms with van der Waals surface area (Å²) in [5.41, 5.74) is 1.59. The van der Waals surface area contributed by atoms with Crippen molar-refractivity contribution in [2.24, 2.45) is 5.92 Å². The fraction of sp³-hybridized carbons (Fsp3) is 0.571. The Bertz CT molecular complexity index is 414. The molecule has 0 spiro atoms. The van der Waals surface area contributed by atoms with E-state index >= 15 is 0 Å². The minimum Gasteiger partial charge on any atom is -0.369 e. The van der Waals surface area contributed by atoms with Crippen molar-refractivity contribution in [2.45, 2.75) is 39.0 Å². The molecule has 1 aromatic rings. The van der Waals surface area contributed by atoms with Crippen LogP contribution in [0.25, 0.3) is 0 Å². The first-order valence-electron chi connectivity index (χ1n) is 6.41. The zero-order valence-electron chi connectivity index (χ0n) is 10.4. The van der Waals surface area contributed by atoms with E-state index in [1.54, 1.807) is 0 Å². The molecule has 0 aromatic carbocycles. The molecule has 0 bridgehead atoms. The number of rotatable bonds is 4. The second-order valence-electron chi connectivity index (χ2n) is 4.83. The molecule has 1 aliphatic rings. The Labute approximate surface area is 103 Å². The van der Waals surface area contributed by atoms with Crippen LogP contribution in [0.4, 0.5) is 5.82 Å². The third-order valence-electron chi connectivity index (χ3n) is 3.47. The molecule has 3 heteroatoms. The van der Waals surface area contributed by atoms with Crippen LogP contribution in [0.2, 0.25) is 0 Å². The number of anilines is 1. The van der Waals surface area contributed by atoms with Crippen LogP contribution in [0.15, 0.2) is 12.1 Å². The quantitative estimate of drug-likeness (QED) is 0.862. The van der Waals surface area contributed by atoms with Gasteiger partial charge in [-0.3, -0.25) is 0 Å². The number of nitriles is 1. The predicted octanol–water partition coefficient (Wildman–Crippen LogP) is 3.25. The van der Waals surface area contributed by atoms with E-state index in [1.807, 2.05) is 19.1 Å². The first-order valence-corrected chi connectivity index (χ1v) is 6.41. The van der Waals surface area contributed by atoms with Crippen molar-refractivity contribution in [3.63, 3.8) is 0 Å². The molecular formula is C14H19N3. The molecule has 0 saturated heterocycles. The Balaban J connectivity index is 1.89. The number of hydrogen-bond donors (Lipinski definition) is 1. The fourth-order valence-electron chi connectivity index (χ4n) is 2.48. The number of aryl methyl sites for hydroxylation is 1. The molecule has 1 heterocycles. The smallest absolute Gasteiger partial charge is 0.144 e. The summed E-state index contributed by atoms with van der Waals surface area (Å²) in [4.78, 5) is 4.37. The first kappa shape index (κ1) is 11.9. The van der Waals surface area contributed by atoms with Crippen LogP contribution in [0.5, 0.6) is 0 Å². The first-order chi connectivity index (χ1) is 8.29. The highest BCUT2D eigenvalue weighted by Crippen LogP contribution is 2.27. The molecule has 0 radical (unpaired) electrons. The van der Waals surface area contributed by atoms with E-state index in [-0.39, 0.29) is 0 Å². The second kappa shape index (κ2) is 5.67. The lowest BCUT2D eigenvalue weighted by Crippen LogP contribution is -2.09. The molecule has 2 rings (SSSR count). The minimum absolute atomic E-state index is 0.641. The van der Waals surface area contributed by atoms with E-state index in [0.717, 1.165) is 24.0 Å². The Hall–Kier alpha value is -1.56. The standard InChI is InChI=1S/C14H19N3/c1-11-6-7-13(10-15)14(17-11)16-9-8-12-4-2-3-5-12/h6-7,12H,2-5,8-9H2,1H3,(H,16,17). The van der Waals surface area contributed by atoms with Gasteiger partial charge in [0.1, 0.15) is 11.9 Å². The maximum Gasteiger partial charge on any atom is 0.144 e. The Kier molecular flexibility index (Phi) is 3.98. The average Bonchev–Trinajstić information content (AvgIpc) is 2.82. The van der Waals surface area contributed by atoms with E-state index in [9.17, 15) is 0 Å². The van der Waals surface area contributed by atoms with Gasteiger partial charge in [-0.15, -0.1) is 0 Å². The molecule has 1 fully saturated rings. The number of pyridine rings is 1. The molecule has 1 aromatic heterocycles. The van der Waals surface area contributed by atoms with Crippen molar-refractivity contribution >= 4 is 5.82 Å². The lowest BCUT2D eigenvalue weighted by Gasteiger charge is -2.11. The van der Waals surface area contributed by atoms with E-state index in [0.29, 0.717) is 5.56 Å². The summed E-state index contributed by atoms with van der Waals surface area (Å²) < 4.78 is 0. The normalized spacial score (nSPS) is 15.8. The van der Waals surface area contributed by atoms with Gasteiger partial charge in [-0.25, -0.2) is 4.98 Å². The third-order valence-corrected chi connectivity index (χ3v) is 3.47. The van der Waals surface area contributed by atoms with Crippen LogP contribution in [0.1, 0.15) is 43.4 Å². The van der Waals surface area contributed by atoms with E-state index in [4.69, 9.17) is 5.26 Å². The van der Waals surface area contributed by atoms with Gasteiger partial charge in [0, 0.05) is 12.2 Å². The molecule has 17 heavy (non-hydrogen) atoms.